The Labute approximate surface area is 53.8 Å². The monoisotopic (exact) mass is 132 g/mol. The van der Waals surface area contributed by atoms with Gasteiger partial charge in [-0.3, -0.25) is 0 Å². The van der Waals surface area contributed by atoms with E-state index in [2.05, 4.69) is 27.3 Å². The summed E-state index contributed by atoms with van der Waals surface area (Å²) in [6.45, 7) is 8.62. The average molecular weight is 132 g/mol. The lowest BCUT2D eigenvalue weighted by Gasteiger charge is -2.11. The molecule has 0 N–H and O–H groups in total. The van der Waals surface area contributed by atoms with Crippen molar-refractivity contribution in [1.29, 1.82) is 0 Å². The van der Waals surface area contributed by atoms with E-state index in [1.165, 1.54) is 6.04 Å². The number of rotatable bonds is 3. The molecule has 0 aromatic carbocycles. The molecule has 8 heavy (non-hydrogen) atoms. The molecular formula is C6H16OSi. The molecule has 0 bridgehead atoms. The Kier molecular flexibility index (Phi) is 4.19. The number of hydrogen-bond donors (Lipinski definition) is 0. The zero-order valence-corrected chi connectivity index (χ0v) is 7.42. The first-order valence-corrected chi connectivity index (χ1v) is 5.76. The van der Waals surface area contributed by atoms with Crippen LogP contribution >= 0.6 is 0 Å². The highest BCUT2D eigenvalue weighted by atomic mass is 28.3. The van der Waals surface area contributed by atoms with Crippen molar-refractivity contribution in [3.63, 3.8) is 0 Å². The average Bonchev–Trinajstić information content (AvgIpc) is 1.65. The summed E-state index contributed by atoms with van der Waals surface area (Å²) in [5, 5.41) is 0. The van der Waals surface area contributed by atoms with Crippen molar-refractivity contribution >= 4 is 9.04 Å². The first-order chi connectivity index (χ1) is 3.66. The molecular weight excluding hydrogens is 116 g/mol. The smallest absolute Gasteiger partial charge is 0.174 e. The maximum atomic E-state index is 5.54. The van der Waals surface area contributed by atoms with E-state index < -0.39 is 9.04 Å². The third-order valence-electron chi connectivity index (χ3n) is 1.08. The molecule has 1 unspecified atom stereocenters. The fraction of sp³-hybridized carbons (Fsp3) is 1.00. The van der Waals surface area contributed by atoms with Gasteiger partial charge in [-0.1, -0.05) is 6.92 Å². The van der Waals surface area contributed by atoms with Crippen LogP contribution in [0.5, 0.6) is 0 Å². The van der Waals surface area contributed by atoms with E-state index >= 15 is 0 Å². The van der Waals surface area contributed by atoms with Crippen LogP contribution in [-0.4, -0.2) is 15.1 Å². The predicted octanol–water partition coefficient (Wildman–Crippen LogP) is 1.78. The zero-order chi connectivity index (χ0) is 6.57. The Morgan fingerprint density at radius 1 is 1.50 bits per heavy atom. The van der Waals surface area contributed by atoms with Crippen molar-refractivity contribution in [2.24, 2.45) is 0 Å². The third kappa shape index (κ3) is 4.34. The summed E-state index contributed by atoms with van der Waals surface area (Å²) in [5.41, 5.74) is 0. The van der Waals surface area contributed by atoms with Gasteiger partial charge in [0, 0.05) is 6.10 Å². The van der Waals surface area contributed by atoms with Crippen molar-refractivity contribution < 1.29 is 4.43 Å². The van der Waals surface area contributed by atoms with Crippen LogP contribution in [-0.2, 0) is 4.43 Å². The van der Waals surface area contributed by atoms with E-state index in [1.54, 1.807) is 0 Å². The molecule has 0 aliphatic rings. The molecule has 0 radical (unpaired) electrons. The van der Waals surface area contributed by atoms with Crippen molar-refractivity contribution in [3.05, 3.63) is 0 Å². The van der Waals surface area contributed by atoms with Gasteiger partial charge in [-0.05, 0) is 26.4 Å². The largest absolute Gasteiger partial charge is 0.418 e. The lowest BCUT2D eigenvalue weighted by atomic mass is 10.5. The van der Waals surface area contributed by atoms with Crippen LogP contribution < -0.4 is 0 Å². The first kappa shape index (κ1) is 8.18. The fourth-order valence-electron chi connectivity index (χ4n) is 0.561. The second-order valence-corrected chi connectivity index (χ2v) is 5.11. The minimum Gasteiger partial charge on any atom is -0.418 e. The Hall–Kier alpha value is 0.177. The quantitative estimate of drug-likeness (QED) is 0.532. The van der Waals surface area contributed by atoms with Crippen LogP contribution in [0, 0.1) is 0 Å². The maximum absolute atomic E-state index is 5.54. The van der Waals surface area contributed by atoms with Crippen molar-refractivity contribution in [1.82, 2.24) is 0 Å². The summed E-state index contributed by atoms with van der Waals surface area (Å²) >= 11 is 0. The van der Waals surface area contributed by atoms with Gasteiger partial charge in [-0.15, -0.1) is 0 Å². The topological polar surface area (TPSA) is 9.23 Å². The Bertz CT molecular complexity index is 54.5. The molecule has 0 aromatic rings. The SMILES string of the molecule is CC[SiH](C)OC(C)C. The highest BCUT2D eigenvalue weighted by molar-refractivity contribution is 6.50. The van der Waals surface area contributed by atoms with Crippen molar-refractivity contribution in [3.8, 4) is 0 Å². The van der Waals surface area contributed by atoms with Crippen LogP contribution in [0.2, 0.25) is 12.6 Å². The second kappa shape index (κ2) is 4.10. The van der Waals surface area contributed by atoms with E-state index in [-0.39, 0.29) is 0 Å². The standard InChI is InChI=1S/C6H16OSi/c1-5-8(4)7-6(2)3/h6,8H,5H2,1-4H3. The molecule has 0 saturated carbocycles. The lowest BCUT2D eigenvalue weighted by Crippen LogP contribution is -2.16. The van der Waals surface area contributed by atoms with Gasteiger partial charge in [0.25, 0.3) is 0 Å². The van der Waals surface area contributed by atoms with Crippen molar-refractivity contribution in [2.45, 2.75) is 39.5 Å². The molecule has 0 saturated heterocycles. The van der Waals surface area contributed by atoms with Gasteiger partial charge in [-0.2, -0.15) is 0 Å². The summed E-state index contributed by atoms with van der Waals surface area (Å²) in [6, 6.07) is 1.25. The molecule has 0 spiro atoms. The van der Waals surface area contributed by atoms with Crippen LogP contribution in [0.3, 0.4) is 0 Å². The first-order valence-electron chi connectivity index (χ1n) is 3.32. The van der Waals surface area contributed by atoms with E-state index in [9.17, 15) is 0 Å². The van der Waals surface area contributed by atoms with Gasteiger partial charge in [0.2, 0.25) is 0 Å². The minimum atomic E-state index is -0.739. The molecule has 0 amide bonds. The molecule has 0 aliphatic heterocycles. The van der Waals surface area contributed by atoms with Crippen LogP contribution in [0.25, 0.3) is 0 Å². The summed E-state index contributed by atoms with van der Waals surface area (Å²) < 4.78 is 5.54. The second-order valence-electron chi connectivity index (χ2n) is 2.40. The molecule has 1 nitrogen and oxygen atoms in total. The zero-order valence-electron chi connectivity index (χ0n) is 6.27. The van der Waals surface area contributed by atoms with E-state index in [4.69, 9.17) is 4.43 Å². The van der Waals surface area contributed by atoms with Gasteiger partial charge < -0.3 is 4.43 Å². The van der Waals surface area contributed by atoms with Gasteiger partial charge in [0.15, 0.2) is 9.04 Å². The molecule has 0 aromatic heterocycles. The van der Waals surface area contributed by atoms with Gasteiger partial charge in [-0.25, -0.2) is 0 Å². The molecule has 2 heteroatoms. The summed E-state index contributed by atoms with van der Waals surface area (Å²) in [6.07, 6.45) is 0.441. The molecule has 0 fully saturated rings. The van der Waals surface area contributed by atoms with E-state index in [0.717, 1.165) is 0 Å². The predicted molar refractivity (Wildman–Crippen MR) is 39.7 cm³/mol. The molecule has 0 aliphatic carbocycles. The summed E-state index contributed by atoms with van der Waals surface area (Å²) in [7, 11) is -0.739. The van der Waals surface area contributed by atoms with Gasteiger partial charge in [0.05, 0.1) is 0 Å². The van der Waals surface area contributed by atoms with Gasteiger partial charge >= 0.3 is 0 Å². The maximum Gasteiger partial charge on any atom is 0.174 e. The van der Waals surface area contributed by atoms with Crippen LogP contribution in [0.15, 0.2) is 0 Å². The molecule has 0 rings (SSSR count). The lowest BCUT2D eigenvalue weighted by molar-refractivity contribution is 0.245. The third-order valence-corrected chi connectivity index (χ3v) is 3.24. The highest BCUT2D eigenvalue weighted by Gasteiger charge is 2.01. The Morgan fingerprint density at radius 2 is 2.00 bits per heavy atom. The van der Waals surface area contributed by atoms with Crippen molar-refractivity contribution in [2.75, 3.05) is 0 Å². The van der Waals surface area contributed by atoms with Gasteiger partial charge in [0.1, 0.15) is 0 Å². The number of hydrogen-bond acceptors (Lipinski definition) is 1. The normalized spacial score (nSPS) is 14.6. The highest BCUT2D eigenvalue weighted by Crippen LogP contribution is 1.96. The van der Waals surface area contributed by atoms with Crippen LogP contribution in [0.4, 0.5) is 0 Å². The molecule has 50 valence electrons. The van der Waals surface area contributed by atoms with Crippen LogP contribution in [0.1, 0.15) is 20.8 Å². The molecule has 1 atom stereocenters. The minimum absolute atomic E-state index is 0.441. The molecule has 0 heterocycles. The fourth-order valence-corrected chi connectivity index (χ4v) is 1.68. The Balaban J connectivity index is 3.10. The summed E-state index contributed by atoms with van der Waals surface area (Å²) in [5.74, 6) is 0. The van der Waals surface area contributed by atoms with E-state index in [0.29, 0.717) is 6.10 Å². The Morgan fingerprint density at radius 3 is 2.12 bits per heavy atom. The van der Waals surface area contributed by atoms with E-state index in [1.807, 2.05) is 0 Å². The summed E-state index contributed by atoms with van der Waals surface area (Å²) in [4.78, 5) is 0.